The van der Waals surface area contributed by atoms with Gasteiger partial charge in [-0.2, -0.15) is 0 Å². The Morgan fingerprint density at radius 1 is 1.47 bits per heavy atom. The van der Waals surface area contributed by atoms with Crippen LogP contribution in [0.25, 0.3) is 0 Å². The lowest BCUT2D eigenvalue weighted by molar-refractivity contribution is -0.134. The van der Waals surface area contributed by atoms with E-state index in [2.05, 4.69) is 33.0 Å². The largest absolute Gasteiger partial charge is 0.343 e. The maximum Gasteiger partial charge on any atom is 0.222 e. The molecule has 0 aliphatic carbocycles. The van der Waals surface area contributed by atoms with Crippen molar-refractivity contribution in [1.82, 2.24) is 10.2 Å². The van der Waals surface area contributed by atoms with Gasteiger partial charge in [-0.3, -0.25) is 4.79 Å². The molecule has 0 aromatic carbocycles. The van der Waals surface area contributed by atoms with Crippen LogP contribution < -0.4 is 5.32 Å². The van der Waals surface area contributed by atoms with Crippen molar-refractivity contribution < 1.29 is 4.79 Å². The SMILES string of the molecule is CC(N(C)C(=O)CC1CCCNC1)C(C)(C)C. The molecule has 1 heterocycles. The second kappa shape index (κ2) is 5.85. The van der Waals surface area contributed by atoms with Gasteiger partial charge in [-0.25, -0.2) is 0 Å². The lowest BCUT2D eigenvalue weighted by Gasteiger charge is -2.36. The maximum absolute atomic E-state index is 12.2. The molecule has 1 saturated heterocycles. The van der Waals surface area contributed by atoms with E-state index in [0.717, 1.165) is 13.1 Å². The van der Waals surface area contributed by atoms with Crippen LogP contribution in [0, 0.1) is 11.3 Å². The van der Waals surface area contributed by atoms with E-state index in [1.54, 1.807) is 0 Å². The summed E-state index contributed by atoms with van der Waals surface area (Å²) in [5.41, 5.74) is 0.148. The predicted molar refractivity (Wildman–Crippen MR) is 71.9 cm³/mol. The Labute approximate surface area is 106 Å². The Morgan fingerprint density at radius 2 is 2.12 bits per heavy atom. The summed E-state index contributed by atoms with van der Waals surface area (Å²) in [5, 5.41) is 3.37. The zero-order valence-electron chi connectivity index (χ0n) is 12.0. The molecule has 0 radical (unpaired) electrons. The van der Waals surface area contributed by atoms with Gasteiger partial charge in [0.2, 0.25) is 5.91 Å². The molecule has 100 valence electrons. The molecule has 2 unspecified atom stereocenters. The number of nitrogens with one attached hydrogen (secondary N) is 1. The van der Waals surface area contributed by atoms with Crippen LogP contribution in [0.5, 0.6) is 0 Å². The maximum atomic E-state index is 12.2. The zero-order valence-corrected chi connectivity index (χ0v) is 12.0. The molecule has 1 rings (SSSR count). The van der Waals surface area contributed by atoms with Crippen LogP contribution in [-0.2, 0) is 4.79 Å². The van der Waals surface area contributed by atoms with Crippen LogP contribution in [0.3, 0.4) is 0 Å². The van der Waals surface area contributed by atoms with Crippen molar-refractivity contribution in [1.29, 1.82) is 0 Å². The highest BCUT2D eigenvalue weighted by Crippen LogP contribution is 2.24. The fraction of sp³-hybridized carbons (Fsp3) is 0.929. The smallest absolute Gasteiger partial charge is 0.222 e. The summed E-state index contributed by atoms with van der Waals surface area (Å²) in [6, 6.07) is 0.284. The number of piperidine rings is 1. The van der Waals surface area contributed by atoms with Gasteiger partial charge in [0.05, 0.1) is 0 Å². The number of amides is 1. The third-order valence-corrected chi connectivity index (χ3v) is 4.09. The van der Waals surface area contributed by atoms with Crippen molar-refractivity contribution in [3.05, 3.63) is 0 Å². The molecule has 1 N–H and O–H groups in total. The minimum Gasteiger partial charge on any atom is -0.343 e. The summed E-state index contributed by atoms with van der Waals surface area (Å²) in [5.74, 6) is 0.826. The normalized spacial score (nSPS) is 23.2. The lowest BCUT2D eigenvalue weighted by atomic mass is 9.86. The summed E-state index contributed by atoms with van der Waals surface area (Å²) in [4.78, 5) is 14.1. The quantitative estimate of drug-likeness (QED) is 0.821. The monoisotopic (exact) mass is 240 g/mol. The fourth-order valence-electron chi connectivity index (χ4n) is 2.29. The number of carbonyl (C=O) groups is 1. The third kappa shape index (κ3) is 4.30. The van der Waals surface area contributed by atoms with E-state index < -0.39 is 0 Å². The summed E-state index contributed by atoms with van der Waals surface area (Å²) in [7, 11) is 1.94. The molecule has 17 heavy (non-hydrogen) atoms. The van der Waals surface area contributed by atoms with Gasteiger partial charge in [-0.15, -0.1) is 0 Å². The molecule has 1 amide bonds. The van der Waals surface area contributed by atoms with Crippen molar-refractivity contribution in [2.45, 2.75) is 53.0 Å². The fourth-order valence-corrected chi connectivity index (χ4v) is 2.29. The van der Waals surface area contributed by atoms with Crippen molar-refractivity contribution in [3.8, 4) is 0 Å². The second-order valence-electron chi connectivity index (χ2n) is 6.46. The topological polar surface area (TPSA) is 32.3 Å². The average Bonchev–Trinajstić information content (AvgIpc) is 2.27. The zero-order chi connectivity index (χ0) is 13.1. The van der Waals surface area contributed by atoms with Gasteiger partial charge < -0.3 is 10.2 Å². The third-order valence-electron chi connectivity index (χ3n) is 4.09. The highest BCUT2D eigenvalue weighted by atomic mass is 16.2. The van der Waals surface area contributed by atoms with Crippen molar-refractivity contribution in [2.24, 2.45) is 11.3 Å². The molecule has 1 fully saturated rings. The number of hydrogen-bond acceptors (Lipinski definition) is 2. The molecule has 1 aliphatic heterocycles. The minimum atomic E-state index is 0.148. The van der Waals surface area contributed by atoms with Crippen molar-refractivity contribution in [2.75, 3.05) is 20.1 Å². The van der Waals surface area contributed by atoms with Gasteiger partial charge in [0.15, 0.2) is 0 Å². The summed E-state index contributed by atoms with van der Waals surface area (Å²) in [6.45, 7) is 10.8. The van der Waals surface area contributed by atoms with Crippen LogP contribution in [0.4, 0.5) is 0 Å². The first-order valence-electron chi connectivity index (χ1n) is 6.78. The van der Waals surface area contributed by atoms with E-state index in [-0.39, 0.29) is 11.5 Å². The molecule has 0 saturated carbocycles. The van der Waals surface area contributed by atoms with E-state index >= 15 is 0 Å². The van der Waals surface area contributed by atoms with Gasteiger partial charge in [0.25, 0.3) is 0 Å². The van der Waals surface area contributed by atoms with Crippen molar-refractivity contribution >= 4 is 5.91 Å². The molecule has 3 heteroatoms. The number of nitrogens with zero attached hydrogens (tertiary/aromatic N) is 1. The van der Waals surface area contributed by atoms with Gasteiger partial charge in [-0.05, 0) is 44.2 Å². The first kappa shape index (κ1) is 14.5. The van der Waals surface area contributed by atoms with Crippen LogP contribution in [0.2, 0.25) is 0 Å². The molecule has 1 aliphatic rings. The standard InChI is InChI=1S/C14H28N2O/c1-11(14(2,3)4)16(5)13(17)9-12-7-6-8-15-10-12/h11-12,15H,6-10H2,1-5H3. The number of carbonyl (C=O) groups excluding carboxylic acids is 1. The molecular formula is C14H28N2O. The summed E-state index contributed by atoms with van der Waals surface area (Å²) < 4.78 is 0. The summed E-state index contributed by atoms with van der Waals surface area (Å²) in [6.07, 6.45) is 3.09. The van der Waals surface area contributed by atoms with Gasteiger partial charge >= 0.3 is 0 Å². The van der Waals surface area contributed by atoms with E-state index in [1.165, 1.54) is 12.8 Å². The molecule has 0 bridgehead atoms. The molecule has 0 spiro atoms. The molecular weight excluding hydrogens is 212 g/mol. The van der Waals surface area contributed by atoms with Crippen molar-refractivity contribution in [3.63, 3.8) is 0 Å². The van der Waals surface area contributed by atoms with E-state index in [1.807, 2.05) is 11.9 Å². The first-order chi connectivity index (χ1) is 7.82. The molecule has 2 atom stereocenters. The minimum absolute atomic E-state index is 0.148. The van der Waals surface area contributed by atoms with Gasteiger partial charge in [0, 0.05) is 19.5 Å². The van der Waals surface area contributed by atoms with Gasteiger partial charge in [-0.1, -0.05) is 20.8 Å². The van der Waals surface area contributed by atoms with E-state index in [4.69, 9.17) is 0 Å². The van der Waals surface area contributed by atoms with E-state index in [0.29, 0.717) is 18.2 Å². The molecule has 3 nitrogen and oxygen atoms in total. The van der Waals surface area contributed by atoms with Crippen LogP contribution in [-0.4, -0.2) is 37.0 Å². The first-order valence-corrected chi connectivity index (χ1v) is 6.78. The number of hydrogen-bond donors (Lipinski definition) is 1. The Bertz CT molecular complexity index is 251. The molecule has 0 aromatic rings. The number of rotatable bonds is 3. The Balaban J connectivity index is 2.46. The highest BCUT2D eigenvalue weighted by Gasteiger charge is 2.28. The van der Waals surface area contributed by atoms with Crippen LogP contribution in [0.15, 0.2) is 0 Å². The predicted octanol–water partition coefficient (Wildman–Crippen LogP) is 2.27. The van der Waals surface area contributed by atoms with E-state index in [9.17, 15) is 4.79 Å². The average molecular weight is 240 g/mol. The lowest BCUT2D eigenvalue weighted by Crippen LogP contribution is -2.44. The highest BCUT2D eigenvalue weighted by molar-refractivity contribution is 5.76. The second-order valence-corrected chi connectivity index (χ2v) is 6.46. The Kier molecular flexibility index (Phi) is 4.99. The Morgan fingerprint density at radius 3 is 2.59 bits per heavy atom. The summed E-state index contributed by atoms with van der Waals surface area (Å²) >= 11 is 0. The molecule has 0 aromatic heterocycles. The van der Waals surface area contributed by atoms with Crippen LogP contribution >= 0.6 is 0 Å². The van der Waals surface area contributed by atoms with Gasteiger partial charge in [0.1, 0.15) is 0 Å². The van der Waals surface area contributed by atoms with Crippen LogP contribution in [0.1, 0.15) is 47.0 Å². The Hall–Kier alpha value is -0.570.